The first kappa shape index (κ1) is 54.1. The molecule has 0 bridgehead atoms. The summed E-state index contributed by atoms with van der Waals surface area (Å²) in [6, 6.07) is -4.97. The first-order valence-electron chi connectivity index (χ1n) is 20.4. The molecule has 4 aliphatic rings. The molecule has 4 saturated heterocycles. The maximum atomic E-state index is 12.8. The lowest BCUT2D eigenvalue weighted by molar-refractivity contribution is -0.394. The average Bonchev–Trinajstić information content (AvgIpc) is 3.25. The molecular formula is C36H63N3O25. The van der Waals surface area contributed by atoms with Crippen molar-refractivity contribution in [2.24, 2.45) is 0 Å². The Morgan fingerprint density at radius 3 is 1.53 bits per heavy atom. The molecule has 17 N–H and O–H groups in total. The van der Waals surface area contributed by atoms with E-state index in [4.69, 9.17) is 37.9 Å². The van der Waals surface area contributed by atoms with Gasteiger partial charge in [0.15, 0.2) is 25.2 Å². The Bertz CT molecular complexity index is 1490. The van der Waals surface area contributed by atoms with E-state index in [0.29, 0.717) is 0 Å². The molecule has 4 fully saturated rings. The van der Waals surface area contributed by atoms with Crippen LogP contribution in [0.5, 0.6) is 0 Å². The van der Waals surface area contributed by atoms with Gasteiger partial charge in [0.25, 0.3) is 0 Å². The number of hydrogen-bond donors (Lipinski definition) is 17. The van der Waals surface area contributed by atoms with Crippen LogP contribution in [0, 0.1) is 0 Å². The van der Waals surface area contributed by atoms with Gasteiger partial charge in [-0.3, -0.25) is 14.4 Å². The molecule has 0 aliphatic carbocycles. The van der Waals surface area contributed by atoms with E-state index >= 15 is 0 Å². The number of aliphatic hydroxyl groups is 14. The summed E-state index contributed by atoms with van der Waals surface area (Å²) in [6.07, 6.45) is -39.6. The third kappa shape index (κ3) is 12.5. The fourth-order valence-electron chi connectivity index (χ4n) is 7.75. The molecular weight excluding hydrogens is 874 g/mol. The molecule has 0 aromatic heterocycles. The highest BCUT2D eigenvalue weighted by molar-refractivity contribution is 5.74. The van der Waals surface area contributed by atoms with E-state index in [-0.39, 0.29) is 0 Å². The quantitative estimate of drug-likeness (QED) is 0.0572. The summed E-state index contributed by atoms with van der Waals surface area (Å²) < 4.78 is 47.4. The molecule has 4 aliphatic heterocycles. The maximum Gasteiger partial charge on any atom is 0.217 e. The summed E-state index contributed by atoms with van der Waals surface area (Å²) in [5.74, 6) is -2.38. The molecule has 28 heteroatoms. The molecule has 0 aromatic carbocycles. The molecule has 0 unspecified atom stereocenters. The van der Waals surface area contributed by atoms with E-state index in [0.717, 1.165) is 20.8 Å². The molecule has 0 spiro atoms. The monoisotopic (exact) mass is 937 g/mol. The van der Waals surface area contributed by atoms with Crippen LogP contribution in [0.2, 0.25) is 0 Å². The van der Waals surface area contributed by atoms with Crippen molar-refractivity contribution in [1.82, 2.24) is 16.0 Å². The Kier molecular flexibility index (Phi) is 20.3. The van der Waals surface area contributed by atoms with Gasteiger partial charge in [-0.25, -0.2) is 0 Å². The van der Waals surface area contributed by atoms with Gasteiger partial charge < -0.3 is 125 Å². The molecule has 0 saturated carbocycles. The number of carbonyl (C=O) groups excluding carboxylic acids is 3. The smallest absolute Gasteiger partial charge is 0.217 e. The Morgan fingerprint density at radius 1 is 0.531 bits per heavy atom. The Hall–Kier alpha value is -2.47. The van der Waals surface area contributed by atoms with E-state index in [9.17, 15) is 85.9 Å². The summed E-state index contributed by atoms with van der Waals surface area (Å²) in [5, 5.41) is 156. The van der Waals surface area contributed by atoms with E-state index in [1.54, 1.807) is 0 Å². The minimum absolute atomic E-state index is 0.752. The lowest BCUT2D eigenvalue weighted by Crippen LogP contribution is -2.71. The zero-order valence-electron chi connectivity index (χ0n) is 35.1. The SMILES string of the molecule is CC(=O)N[C@H]1[C@@H](O[C@H]2[C@@H](O)[C@@H](CO)O[C@H](O[C@H]3[C@@H](O)[C@@H](CO)O[C@@H](O[C@@H]([C@@H](O)[C@H](O)CO)[C@H](CO)NC(C)=O)[C@@H]3O[C@@H]3O[C@@H](C)[C@@H](O)[C@@H](O)[C@@H]3O)[C@@H]2NC(C)=O)O[C@H](CO)[C@@H](O)[C@@H]1O. The third-order valence-electron chi connectivity index (χ3n) is 11.1. The Labute approximate surface area is 365 Å². The van der Waals surface area contributed by atoms with Crippen LogP contribution in [0.15, 0.2) is 0 Å². The van der Waals surface area contributed by atoms with Crippen molar-refractivity contribution in [1.29, 1.82) is 0 Å². The third-order valence-corrected chi connectivity index (χ3v) is 11.1. The highest BCUT2D eigenvalue weighted by Gasteiger charge is 2.57. The van der Waals surface area contributed by atoms with Crippen molar-refractivity contribution in [3.8, 4) is 0 Å². The van der Waals surface area contributed by atoms with Gasteiger partial charge in [0.2, 0.25) is 17.7 Å². The number of rotatable bonds is 19. The number of ether oxygens (including phenoxy) is 8. The second-order valence-corrected chi connectivity index (χ2v) is 15.9. The zero-order chi connectivity index (χ0) is 47.9. The van der Waals surface area contributed by atoms with Crippen molar-refractivity contribution in [3.63, 3.8) is 0 Å². The molecule has 28 nitrogen and oxygen atoms in total. The molecule has 0 aromatic rings. The van der Waals surface area contributed by atoms with Crippen LogP contribution >= 0.6 is 0 Å². The van der Waals surface area contributed by atoms with Gasteiger partial charge in [-0.1, -0.05) is 0 Å². The van der Waals surface area contributed by atoms with Crippen LogP contribution in [0.3, 0.4) is 0 Å². The van der Waals surface area contributed by atoms with E-state index in [2.05, 4.69) is 16.0 Å². The van der Waals surface area contributed by atoms with E-state index in [1.165, 1.54) is 6.92 Å². The number of amides is 3. The van der Waals surface area contributed by atoms with Crippen molar-refractivity contribution in [2.45, 2.75) is 175 Å². The topological polar surface area (TPSA) is 444 Å². The lowest BCUT2D eigenvalue weighted by atomic mass is 9.93. The summed E-state index contributed by atoms with van der Waals surface area (Å²) in [5.41, 5.74) is 0. The van der Waals surface area contributed by atoms with E-state index in [1.807, 2.05) is 0 Å². The Balaban J connectivity index is 1.84. The van der Waals surface area contributed by atoms with Crippen molar-refractivity contribution in [2.75, 3.05) is 33.0 Å². The molecule has 0 radical (unpaired) electrons. The van der Waals surface area contributed by atoms with Gasteiger partial charge in [0, 0.05) is 20.8 Å². The highest BCUT2D eigenvalue weighted by Crippen LogP contribution is 2.36. The number of hydrogen-bond acceptors (Lipinski definition) is 25. The summed E-state index contributed by atoms with van der Waals surface area (Å²) in [7, 11) is 0. The summed E-state index contributed by atoms with van der Waals surface area (Å²) >= 11 is 0. The second kappa shape index (κ2) is 24.0. The molecule has 372 valence electrons. The van der Waals surface area contributed by atoms with Crippen molar-refractivity contribution < 1.29 is 124 Å². The van der Waals surface area contributed by atoms with Gasteiger partial charge in [-0.05, 0) is 6.92 Å². The fraction of sp³-hybridized carbons (Fsp3) is 0.917. The Morgan fingerprint density at radius 2 is 1.02 bits per heavy atom. The molecule has 24 atom stereocenters. The predicted molar refractivity (Wildman–Crippen MR) is 202 cm³/mol. The molecule has 4 rings (SSSR count). The highest BCUT2D eigenvalue weighted by atomic mass is 16.8. The number of nitrogens with one attached hydrogen (secondary N) is 3. The van der Waals surface area contributed by atoms with Gasteiger partial charge >= 0.3 is 0 Å². The molecule has 4 heterocycles. The zero-order valence-corrected chi connectivity index (χ0v) is 35.1. The largest absolute Gasteiger partial charge is 0.394 e. The van der Waals surface area contributed by atoms with Crippen molar-refractivity contribution >= 4 is 17.7 Å². The molecule has 3 amide bonds. The minimum Gasteiger partial charge on any atom is -0.394 e. The van der Waals surface area contributed by atoms with Crippen LogP contribution in [-0.2, 0) is 52.3 Å². The fourth-order valence-corrected chi connectivity index (χ4v) is 7.75. The van der Waals surface area contributed by atoms with Crippen molar-refractivity contribution in [3.05, 3.63) is 0 Å². The summed E-state index contributed by atoms with van der Waals surface area (Å²) in [6.45, 7) is -0.618. The second-order valence-electron chi connectivity index (χ2n) is 15.9. The lowest BCUT2D eigenvalue weighted by Gasteiger charge is -2.51. The first-order chi connectivity index (χ1) is 30.1. The predicted octanol–water partition coefficient (Wildman–Crippen LogP) is -10.8. The van der Waals surface area contributed by atoms with E-state index < -0.39 is 198 Å². The van der Waals surface area contributed by atoms with Gasteiger partial charge in [0.05, 0.1) is 45.2 Å². The normalized spacial score (nSPS) is 42.5. The van der Waals surface area contributed by atoms with Crippen LogP contribution in [0.1, 0.15) is 27.7 Å². The van der Waals surface area contributed by atoms with Crippen LogP contribution in [0.4, 0.5) is 0 Å². The van der Waals surface area contributed by atoms with Crippen LogP contribution in [0.25, 0.3) is 0 Å². The molecule has 64 heavy (non-hydrogen) atoms. The standard InChI is InChI=1S/C36H63N3O25/c1-10-21(49)27(55)28(56)35(57-10)64-32-31(25(53)18(9-44)60-36(32)61-29(22(50)15(48)6-41)14(5-40)37-11(2)45)63-34-20(39-13(4)47)30(24(52)17(8-43)59-34)62-33-19(38-12(3)46)26(54)23(51)16(7-42)58-33/h10,14-36,40-44,48-56H,5-9H2,1-4H3,(H,37,45)(H,38,46)(H,39,47)/t10-,14-,15+,16+,17+,18+,19+,20+,21+,22-,23+,24-,25-,26+,27+,28-,29+,30+,31-,32+,33+,34+,35-,36-/m0/s1. The van der Waals surface area contributed by atoms with Gasteiger partial charge in [0.1, 0.15) is 110 Å². The minimum atomic E-state index is -2.16. The number of carbonyl (C=O) groups is 3. The maximum absolute atomic E-state index is 12.8. The average molecular weight is 938 g/mol. The summed E-state index contributed by atoms with van der Waals surface area (Å²) in [4.78, 5) is 37.1. The van der Waals surface area contributed by atoms with Gasteiger partial charge in [-0.15, -0.1) is 0 Å². The van der Waals surface area contributed by atoms with Crippen LogP contribution < -0.4 is 16.0 Å². The number of aliphatic hydroxyl groups excluding tert-OH is 14. The van der Waals surface area contributed by atoms with Crippen LogP contribution in [-0.4, -0.2) is 269 Å². The van der Waals surface area contributed by atoms with Gasteiger partial charge in [-0.2, -0.15) is 0 Å². The first-order valence-corrected chi connectivity index (χ1v) is 20.4.